The van der Waals surface area contributed by atoms with Crippen molar-refractivity contribution in [3.63, 3.8) is 0 Å². The lowest BCUT2D eigenvalue weighted by Crippen LogP contribution is -2.10. The summed E-state index contributed by atoms with van der Waals surface area (Å²) in [5.41, 5.74) is 2.76. The van der Waals surface area contributed by atoms with Crippen LogP contribution in [0.4, 0.5) is 0 Å². The Balaban J connectivity index is 2.43. The molecule has 0 radical (unpaired) electrons. The number of nitrogens with zero attached hydrogens (tertiary/aromatic N) is 3. The molecule has 0 saturated carbocycles. The van der Waals surface area contributed by atoms with Gasteiger partial charge in [-0.15, -0.1) is 11.6 Å². The maximum absolute atomic E-state index is 6.18. The molecule has 0 aromatic carbocycles. The van der Waals surface area contributed by atoms with Crippen LogP contribution in [-0.4, -0.2) is 27.7 Å². The third-order valence-electron chi connectivity index (χ3n) is 2.78. The Morgan fingerprint density at radius 1 is 1.39 bits per heavy atom. The first-order valence-electron chi connectivity index (χ1n) is 6.19. The number of rotatable bonds is 5. The summed E-state index contributed by atoms with van der Waals surface area (Å²) >= 11 is 6.18. The predicted molar refractivity (Wildman–Crippen MR) is 73.0 cm³/mol. The van der Waals surface area contributed by atoms with Gasteiger partial charge in [-0.3, -0.25) is 0 Å². The second-order valence-corrected chi connectivity index (χ2v) is 4.88. The second-order valence-electron chi connectivity index (χ2n) is 4.23. The molecule has 2 rings (SSSR count). The van der Waals surface area contributed by atoms with Crippen molar-refractivity contribution in [2.75, 3.05) is 13.2 Å². The Bertz CT molecular complexity index is 536. The molecule has 4 nitrogen and oxygen atoms in total. The quantitative estimate of drug-likeness (QED) is 0.617. The van der Waals surface area contributed by atoms with E-state index in [1.54, 1.807) is 0 Å². The lowest BCUT2D eigenvalue weighted by molar-refractivity contribution is 0.139. The molecule has 2 aromatic rings. The molecule has 0 spiro atoms. The minimum atomic E-state index is -0.138. The maximum atomic E-state index is 6.18. The Labute approximate surface area is 112 Å². The zero-order valence-corrected chi connectivity index (χ0v) is 11.7. The number of ether oxygens (including phenoxy) is 1. The molecule has 2 aromatic heterocycles. The topological polar surface area (TPSA) is 39.9 Å². The van der Waals surface area contributed by atoms with Crippen LogP contribution in [0.25, 0.3) is 11.2 Å². The van der Waals surface area contributed by atoms with Crippen molar-refractivity contribution in [2.45, 2.75) is 32.7 Å². The highest BCUT2D eigenvalue weighted by molar-refractivity contribution is 6.20. The van der Waals surface area contributed by atoms with E-state index in [2.05, 4.69) is 14.5 Å². The molecular weight excluding hydrogens is 250 g/mol. The number of aryl methyl sites for hydroxylation is 1. The summed E-state index contributed by atoms with van der Waals surface area (Å²) in [4.78, 5) is 9.09. The van der Waals surface area contributed by atoms with Crippen LogP contribution in [0, 0.1) is 6.92 Å². The van der Waals surface area contributed by atoms with Gasteiger partial charge in [-0.25, -0.2) is 9.97 Å². The molecule has 0 N–H and O–H groups in total. The van der Waals surface area contributed by atoms with Crippen molar-refractivity contribution < 1.29 is 4.74 Å². The van der Waals surface area contributed by atoms with Gasteiger partial charge >= 0.3 is 0 Å². The van der Waals surface area contributed by atoms with Crippen molar-refractivity contribution >= 4 is 22.8 Å². The first kappa shape index (κ1) is 13.3. The van der Waals surface area contributed by atoms with Crippen molar-refractivity contribution in [3.05, 3.63) is 23.7 Å². The number of fused-ring (bicyclic) bond motifs is 1. The summed E-state index contributed by atoms with van der Waals surface area (Å²) in [5, 5.41) is -0.138. The molecule has 0 aliphatic carbocycles. The Morgan fingerprint density at radius 3 is 2.83 bits per heavy atom. The largest absolute Gasteiger partial charge is 0.380 e. The van der Waals surface area contributed by atoms with Gasteiger partial charge in [-0.05, 0) is 32.9 Å². The molecule has 0 amide bonds. The summed E-state index contributed by atoms with van der Waals surface area (Å²) < 4.78 is 7.45. The first-order valence-corrected chi connectivity index (χ1v) is 6.62. The van der Waals surface area contributed by atoms with Crippen LogP contribution in [0.1, 0.15) is 30.7 Å². The number of hydrogen-bond donors (Lipinski definition) is 0. The zero-order valence-electron chi connectivity index (χ0n) is 11.0. The molecule has 0 aliphatic rings. The number of alkyl halides is 1. The standard InChI is InChI=1S/C13H18ClN3O/c1-4-18-8-7-17-12(10(3)14)16-11-6-5-9(2)15-13(11)17/h5-6,10H,4,7-8H2,1-3H3. The fourth-order valence-electron chi connectivity index (χ4n) is 1.94. The van der Waals surface area contributed by atoms with Crippen LogP contribution < -0.4 is 0 Å². The molecular formula is C13H18ClN3O. The highest BCUT2D eigenvalue weighted by atomic mass is 35.5. The molecule has 0 fully saturated rings. The van der Waals surface area contributed by atoms with Gasteiger partial charge < -0.3 is 9.30 Å². The van der Waals surface area contributed by atoms with E-state index >= 15 is 0 Å². The van der Waals surface area contributed by atoms with Crippen molar-refractivity contribution in [1.29, 1.82) is 0 Å². The average molecular weight is 268 g/mol. The molecule has 1 atom stereocenters. The van der Waals surface area contributed by atoms with Crippen LogP contribution in [0.15, 0.2) is 12.1 Å². The van der Waals surface area contributed by atoms with Crippen molar-refractivity contribution in [1.82, 2.24) is 14.5 Å². The number of hydrogen-bond acceptors (Lipinski definition) is 3. The number of halogens is 1. The van der Waals surface area contributed by atoms with Gasteiger partial charge in [0.05, 0.1) is 12.0 Å². The van der Waals surface area contributed by atoms with E-state index in [1.165, 1.54) is 0 Å². The van der Waals surface area contributed by atoms with Gasteiger partial charge in [0.1, 0.15) is 11.3 Å². The first-order chi connectivity index (χ1) is 8.63. The fourth-order valence-corrected chi connectivity index (χ4v) is 2.10. The monoisotopic (exact) mass is 267 g/mol. The van der Waals surface area contributed by atoms with Gasteiger partial charge in [-0.1, -0.05) is 0 Å². The van der Waals surface area contributed by atoms with Crippen LogP contribution in [-0.2, 0) is 11.3 Å². The van der Waals surface area contributed by atoms with Crippen LogP contribution in [0.5, 0.6) is 0 Å². The summed E-state index contributed by atoms with van der Waals surface area (Å²) in [6.45, 7) is 7.97. The van der Waals surface area contributed by atoms with Crippen LogP contribution >= 0.6 is 11.6 Å². The molecule has 2 heterocycles. The Morgan fingerprint density at radius 2 is 2.17 bits per heavy atom. The highest BCUT2D eigenvalue weighted by Gasteiger charge is 2.15. The van der Waals surface area contributed by atoms with Gasteiger partial charge in [0.25, 0.3) is 0 Å². The van der Waals surface area contributed by atoms with Gasteiger partial charge in [0, 0.05) is 18.8 Å². The Kier molecular flexibility index (Phi) is 4.19. The van der Waals surface area contributed by atoms with E-state index < -0.39 is 0 Å². The van der Waals surface area contributed by atoms with Crippen molar-refractivity contribution in [3.8, 4) is 0 Å². The summed E-state index contributed by atoms with van der Waals surface area (Å²) in [6, 6.07) is 3.95. The second kappa shape index (κ2) is 5.67. The molecule has 5 heteroatoms. The molecule has 18 heavy (non-hydrogen) atoms. The maximum Gasteiger partial charge on any atom is 0.160 e. The molecule has 0 saturated heterocycles. The third-order valence-corrected chi connectivity index (χ3v) is 2.98. The molecule has 1 unspecified atom stereocenters. The predicted octanol–water partition coefficient (Wildman–Crippen LogP) is 3.08. The van der Waals surface area contributed by atoms with Crippen LogP contribution in [0.2, 0.25) is 0 Å². The third kappa shape index (κ3) is 2.65. The molecule has 0 bridgehead atoms. The average Bonchev–Trinajstić information content (AvgIpc) is 2.68. The smallest absolute Gasteiger partial charge is 0.160 e. The van der Waals surface area contributed by atoms with Crippen molar-refractivity contribution in [2.24, 2.45) is 0 Å². The minimum absolute atomic E-state index is 0.138. The summed E-state index contributed by atoms with van der Waals surface area (Å²) in [6.07, 6.45) is 0. The van der Waals surface area contributed by atoms with Gasteiger partial charge in [-0.2, -0.15) is 0 Å². The number of imidazole rings is 1. The molecule has 0 aliphatic heterocycles. The van der Waals surface area contributed by atoms with E-state index in [4.69, 9.17) is 16.3 Å². The van der Waals surface area contributed by atoms with E-state index in [-0.39, 0.29) is 5.38 Å². The van der Waals surface area contributed by atoms with Gasteiger partial charge in [0.15, 0.2) is 5.65 Å². The SMILES string of the molecule is CCOCCn1c(C(C)Cl)nc2ccc(C)nc21. The minimum Gasteiger partial charge on any atom is -0.380 e. The normalized spacial score (nSPS) is 13.1. The summed E-state index contributed by atoms with van der Waals surface area (Å²) in [5.74, 6) is 0.851. The fraction of sp³-hybridized carbons (Fsp3) is 0.538. The summed E-state index contributed by atoms with van der Waals surface area (Å²) in [7, 11) is 0. The zero-order chi connectivity index (χ0) is 13.1. The number of pyridine rings is 1. The van der Waals surface area contributed by atoms with E-state index in [0.717, 1.165) is 29.2 Å². The van der Waals surface area contributed by atoms with E-state index in [0.29, 0.717) is 13.2 Å². The molecule has 98 valence electrons. The van der Waals surface area contributed by atoms with E-state index in [1.807, 2.05) is 32.9 Å². The lowest BCUT2D eigenvalue weighted by Gasteiger charge is -2.09. The Hall–Kier alpha value is -1.13. The lowest BCUT2D eigenvalue weighted by atomic mass is 10.3. The van der Waals surface area contributed by atoms with Gasteiger partial charge in [0.2, 0.25) is 0 Å². The van der Waals surface area contributed by atoms with Crippen LogP contribution in [0.3, 0.4) is 0 Å². The van der Waals surface area contributed by atoms with E-state index in [9.17, 15) is 0 Å². The number of aromatic nitrogens is 3. The highest BCUT2D eigenvalue weighted by Crippen LogP contribution is 2.23.